The second-order valence-electron chi connectivity index (χ2n) is 10.8. The average molecular weight is 564 g/mol. The predicted molar refractivity (Wildman–Crippen MR) is 161 cm³/mol. The van der Waals surface area contributed by atoms with E-state index in [0.29, 0.717) is 18.7 Å². The van der Waals surface area contributed by atoms with Crippen molar-refractivity contribution >= 4 is 27.5 Å². The summed E-state index contributed by atoms with van der Waals surface area (Å²) in [6, 6.07) is 21.1. The lowest BCUT2D eigenvalue weighted by Gasteiger charge is -2.32. The van der Waals surface area contributed by atoms with Gasteiger partial charge >= 0.3 is 0 Å². The normalized spacial score (nSPS) is 12.2. The summed E-state index contributed by atoms with van der Waals surface area (Å²) in [4.78, 5) is 28.7. The zero-order valence-electron chi connectivity index (χ0n) is 24.3. The number of nitrogens with zero attached hydrogens (tertiary/aromatic N) is 2. The van der Waals surface area contributed by atoms with E-state index in [-0.39, 0.29) is 23.3 Å². The van der Waals surface area contributed by atoms with Crippen molar-refractivity contribution < 1.29 is 18.0 Å². The zero-order chi connectivity index (χ0) is 29.4. The highest BCUT2D eigenvalue weighted by Crippen LogP contribution is 2.28. The first kappa shape index (κ1) is 30.9. The van der Waals surface area contributed by atoms with Crippen molar-refractivity contribution in [3.05, 3.63) is 95.1 Å². The minimum Gasteiger partial charge on any atom is -0.354 e. The number of sulfonamides is 1. The van der Waals surface area contributed by atoms with Crippen molar-refractivity contribution in [2.45, 2.75) is 58.9 Å². The molecule has 0 fully saturated rings. The van der Waals surface area contributed by atoms with Crippen molar-refractivity contribution in [2.24, 2.45) is 5.92 Å². The van der Waals surface area contributed by atoms with Gasteiger partial charge in [0, 0.05) is 13.1 Å². The summed E-state index contributed by atoms with van der Waals surface area (Å²) in [5.74, 6) is -0.460. The highest BCUT2D eigenvalue weighted by atomic mass is 32.2. The molecule has 0 radical (unpaired) electrons. The molecule has 3 aromatic carbocycles. The van der Waals surface area contributed by atoms with Crippen LogP contribution in [0.1, 0.15) is 43.0 Å². The van der Waals surface area contributed by atoms with Gasteiger partial charge in [0.1, 0.15) is 12.6 Å². The quantitative estimate of drug-likeness (QED) is 0.335. The Labute approximate surface area is 239 Å². The van der Waals surface area contributed by atoms with Crippen LogP contribution >= 0.6 is 0 Å². The fourth-order valence-corrected chi connectivity index (χ4v) is 5.83. The Morgan fingerprint density at radius 2 is 1.48 bits per heavy atom. The van der Waals surface area contributed by atoms with Crippen LogP contribution in [0.5, 0.6) is 0 Å². The van der Waals surface area contributed by atoms with Crippen molar-refractivity contribution in [1.29, 1.82) is 0 Å². The van der Waals surface area contributed by atoms with E-state index in [9.17, 15) is 18.0 Å². The first-order valence-electron chi connectivity index (χ1n) is 13.7. The Kier molecular flexibility index (Phi) is 10.5. The Morgan fingerprint density at radius 1 is 0.850 bits per heavy atom. The highest BCUT2D eigenvalue weighted by molar-refractivity contribution is 7.92. The molecule has 0 aliphatic rings. The SMILES string of the molecule is Cc1ccc(S(=O)(=O)N(CC(=O)N(CCc2ccccc2)[C@H](C)C(=O)NCC(C)C)c2cc(C)ccc2C)cc1. The second kappa shape index (κ2) is 13.6. The number of aryl methyl sites for hydroxylation is 3. The molecule has 0 aliphatic carbocycles. The van der Waals surface area contributed by atoms with Gasteiger partial charge in [0.15, 0.2) is 0 Å². The molecule has 0 aromatic heterocycles. The molecule has 0 saturated carbocycles. The van der Waals surface area contributed by atoms with Crippen molar-refractivity contribution in [3.63, 3.8) is 0 Å². The van der Waals surface area contributed by atoms with Crippen LogP contribution in [-0.4, -0.2) is 50.8 Å². The number of hydrogen-bond acceptors (Lipinski definition) is 4. The molecule has 0 unspecified atom stereocenters. The van der Waals surface area contributed by atoms with Crippen LogP contribution in [0.4, 0.5) is 5.69 Å². The summed E-state index contributed by atoms with van der Waals surface area (Å²) in [6.45, 7) is 11.6. The van der Waals surface area contributed by atoms with E-state index < -0.39 is 28.5 Å². The molecule has 1 N–H and O–H groups in total. The molecule has 0 spiro atoms. The third kappa shape index (κ3) is 7.94. The lowest BCUT2D eigenvalue weighted by atomic mass is 10.1. The van der Waals surface area contributed by atoms with Gasteiger partial charge in [0.2, 0.25) is 11.8 Å². The Morgan fingerprint density at radius 3 is 2.10 bits per heavy atom. The summed E-state index contributed by atoms with van der Waals surface area (Å²) in [5.41, 5.74) is 4.00. The molecule has 40 heavy (non-hydrogen) atoms. The molecule has 214 valence electrons. The van der Waals surface area contributed by atoms with E-state index in [1.807, 2.05) is 77.1 Å². The van der Waals surface area contributed by atoms with Gasteiger partial charge in [-0.05, 0) is 74.9 Å². The summed E-state index contributed by atoms with van der Waals surface area (Å²) < 4.78 is 29.2. The lowest BCUT2D eigenvalue weighted by Crippen LogP contribution is -2.52. The molecule has 3 aromatic rings. The van der Waals surface area contributed by atoms with Gasteiger partial charge in [-0.15, -0.1) is 0 Å². The standard InChI is InChI=1S/C32H41N3O4S/c1-23(2)21-33-32(37)27(6)34(19-18-28-10-8-7-9-11-28)31(36)22-35(30-20-25(4)12-15-26(30)5)40(38,39)29-16-13-24(3)14-17-29/h7-17,20,23,27H,18-19,21-22H2,1-6H3,(H,33,37)/t27-/m1/s1. The number of carbonyl (C=O) groups is 2. The maximum atomic E-state index is 14.0. The lowest BCUT2D eigenvalue weighted by molar-refractivity contribution is -0.138. The Bertz CT molecular complexity index is 1400. The van der Waals surface area contributed by atoms with Gasteiger partial charge < -0.3 is 10.2 Å². The summed E-state index contributed by atoms with van der Waals surface area (Å²) in [6.07, 6.45) is 0.530. The Balaban J connectivity index is 2.00. The third-order valence-electron chi connectivity index (χ3n) is 6.86. The minimum atomic E-state index is -4.09. The molecule has 0 aliphatic heterocycles. The van der Waals surface area contributed by atoms with Gasteiger partial charge in [0.25, 0.3) is 10.0 Å². The van der Waals surface area contributed by atoms with Crippen LogP contribution in [0.2, 0.25) is 0 Å². The van der Waals surface area contributed by atoms with Crippen LogP contribution < -0.4 is 9.62 Å². The van der Waals surface area contributed by atoms with E-state index >= 15 is 0 Å². The summed E-state index contributed by atoms with van der Waals surface area (Å²) >= 11 is 0. The molecule has 0 heterocycles. The number of hydrogen-bond donors (Lipinski definition) is 1. The molecule has 2 amide bonds. The van der Waals surface area contributed by atoms with E-state index in [0.717, 1.165) is 22.3 Å². The molecule has 0 saturated heterocycles. The predicted octanol–water partition coefficient (Wildman–Crippen LogP) is 5.04. The van der Waals surface area contributed by atoms with E-state index in [4.69, 9.17) is 0 Å². The maximum Gasteiger partial charge on any atom is 0.264 e. The second-order valence-corrected chi connectivity index (χ2v) is 12.6. The fraction of sp³-hybridized carbons (Fsp3) is 0.375. The molecule has 0 bridgehead atoms. The number of benzene rings is 3. The van der Waals surface area contributed by atoms with Crippen LogP contribution in [0.25, 0.3) is 0 Å². The smallest absolute Gasteiger partial charge is 0.264 e. The molecular formula is C32H41N3O4S. The van der Waals surface area contributed by atoms with Crippen LogP contribution in [0, 0.1) is 26.7 Å². The van der Waals surface area contributed by atoms with Gasteiger partial charge in [-0.2, -0.15) is 0 Å². The highest BCUT2D eigenvalue weighted by Gasteiger charge is 2.33. The summed E-state index contributed by atoms with van der Waals surface area (Å²) in [5, 5.41) is 2.91. The van der Waals surface area contributed by atoms with Gasteiger partial charge in [-0.25, -0.2) is 8.42 Å². The largest absolute Gasteiger partial charge is 0.354 e. The molecular weight excluding hydrogens is 522 g/mol. The van der Waals surface area contributed by atoms with E-state index in [2.05, 4.69) is 5.32 Å². The number of anilines is 1. The molecule has 7 nitrogen and oxygen atoms in total. The van der Waals surface area contributed by atoms with Crippen molar-refractivity contribution in [3.8, 4) is 0 Å². The minimum absolute atomic E-state index is 0.102. The number of rotatable bonds is 12. The number of nitrogens with one attached hydrogen (secondary N) is 1. The van der Waals surface area contributed by atoms with Crippen molar-refractivity contribution in [2.75, 3.05) is 23.9 Å². The first-order valence-corrected chi connectivity index (χ1v) is 15.1. The van der Waals surface area contributed by atoms with Crippen LogP contribution in [-0.2, 0) is 26.0 Å². The molecule has 8 heteroatoms. The number of amides is 2. The molecule has 3 rings (SSSR count). The number of carbonyl (C=O) groups excluding carboxylic acids is 2. The monoisotopic (exact) mass is 563 g/mol. The maximum absolute atomic E-state index is 14.0. The Hall–Kier alpha value is -3.65. The zero-order valence-corrected chi connectivity index (χ0v) is 25.2. The van der Waals surface area contributed by atoms with Gasteiger partial charge in [-0.1, -0.05) is 74.0 Å². The van der Waals surface area contributed by atoms with E-state index in [1.165, 1.54) is 9.21 Å². The van der Waals surface area contributed by atoms with Crippen LogP contribution in [0.3, 0.4) is 0 Å². The van der Waals surface area contributed by atoms with Gasteiger partial charge in [0.05, 0.1) is 10.6 Å². The topological polar surface area (TPSA) is 86.8 Å². The summed E-state index contributed by atoms with van der Waals surface area (Å²) in [7, 11) is -4.09. The first-order chi connectivity index (χ1) is 18.9. The van der Waals surface area contributed by atoms with Crippen LogP contribution in [0.15, 0.2) is 77.7 Å². The van der Waals surface area contributed by atoms with Crippen molar-refractivity contribution in [1.82, 2.24) is 10.2 Å². The third-order valence-corrected chi connectivity index (χ3v) is 8.63. The van der Waals surface area contributed by atoms with E-state index in [1.54, 1.807) is 37.3 Å². The van der Waals surface area contributed by atoms with Gasteiger partial charge in [-0.3, -0.25) is 13.9 Å². The average Bonchev–Trinajstić information content (AvgIpc) is 2.92. The molecule has 1 atom stereocenters. The fourth-order valence-electron chi connectivity index (χ4n) is 4.36.